The molecule has 17 heavy (non-hydrogen) atoms. The monoisotopic (exact) mass is 240 g/mol. The summed E-state index contributed by atoms with van der Waals surface area (Å²) in [6, 6.07) is 0.316. The highest BCUT2D eigenvalue weighted by atomic mass is 16.1. The van der Waals surface area contributed by atoms with Crippen LogP contribution in [0.5, 0.6) is 0 Å². The van der Waals surface area contributed by atoms with Crippen LogP contribution in [-0.4, -0.2) is 18.0 Å². The predicted octanol–water partition coefficient (Wildman–Crippen LogP) is 2.44. The largest absolute Gasteiger partial charge is 0.353 e. The molecule has 1 saturated carbocycles. The van der Waals surface area contributed by atoms with Crippen molar-refractivity contribution in [2.45, 2.75) is 71.9 Å². The first kappa shape index (κ1) is 14.5. The minimum Gasteiger partial charge on any atom is -0.353 e. The van der Waals surface area contributed by atoms with E-state index in [1.807, 2.05) is 0 Å². The molecule has 0 bridgehead atoms. The molecule has 0 spiro atoms. The Balaban J connectivity index is 2.30. The third-order valence-electron chi connectivity index (χ3n) is 3.90. The molecule has 3 N–H and O–H groups in total. The van der Waals surface area contributed by atoms with Gasteiger partial charge in [0.15, 0.2) is 0 Å². The molecule has 1 rings (SSSR count). The first-order valence-corrected chi connectivity index (χ1v) is 6.84. The van der Waals surface area contributed by atoms with Gasteiger partial charge < -0.3 is 11.1 Å². The van der Waals surface area contributed by atoms with Crippen LogP contribution in [0.15, 0.2) is 0 Å². The summed E-state index contributed by atoms with van der Waals surface area (Å²) in [5.74, 6) is 0.937. The number of hydrogen-bond acceptors (Lipinski definition) is 2. The lowest BCUT2D eigenvalue weighted by atomic mass is 9.84. The van der Waals surface area contributed by atoms with Gasteiger partial charge >= 0.3 is 0 Å². The van der Waals surface area contributed by atoms with Crippen LogP contribution >= 0.6 is 0 Å². The van der Waals surface area contributed by atoms with Crippen LogP contribution in [-0.2, 0) is 4.79 Å². The third-order valence-corrected chi connectivity index (χ3v) is 3.90. The second-order valence-electron chi connectivity index (χ2n) is 6.70. The number of hydrogen-bond donors (Lipinski definition) is 2. The van der Waals surface area contributed by atoms with Gasteiger partial charge in [-0.2, -0.15) is 0 Å². The average molecular weight is 240 g/mol. The normalized spacial score (nSPS) is 27.6. The Hall–Kier alpha value is -0.570. The summed E-state index contributed by atoms with van der Waals surface area (Å²) in [5, 5.41) is 3.12. The van der Waals surface area contributed by atoms with E-state index in [4.69, 9.17) is 5.73 Å². The zero-order valence-electron chi connectivity index (χ0n) is 11.8. The van der Waals surface area contributed by atoms with E-state index in [-0.39, 0.29) is 17.4 Å². The maximum Gasteiger partial charge on any atom is 0.221 e. The molecular formula is C14H28N2O. The van der Waals surface area contributed by atoms with Gasteiger partial charge in [0, 0.05) is 18.5 Å². The number of nitrogens with one attached hydrogen (secondary N) is 1. The van der Waals surface area contributed by atoms with Crippen LogP contribution in [0, 0.1) is 11.3 Å². The van der Waals surface area contributed by atoms with Crippen molar-refractivity contribution >= 4 is 5.91 Å². The fourth-order valence-corrected chi connectivity index (χ4v) is 2.20. The highest BCUT2D eigenvalue weighted by Gasteiger charge is 2.25. The molecule has 100 valence electrons. The Morgan fingerprint density at radius 1 is 1.29 bits per heavy atom. The van der Waals surface area contributed by atoms with Gasteiger partial charge in [0.2, 0.25) is 5.91 Å². The molecule has 3 heteroatoms. The van der Waals surface area contributed by atoms with E-state index < -0.39 is 0 Å². The summed E-state index contributed by atoms with van der Waals surface area (Å²) in [5.41, 5.74) is 6.02. The lowest BCUT2D eigenvalue weighted by molar-refractivity contribution is -0.122. The minimum atomic E-state index is -0.0648. The number of carbonyl (C=O) groups is 1. The van der Waals surface area contributed by atoms with Crippen molar-refractivity contribution in [3.8, 4) is 0 Å². The maximum atomic E-state index is 11.9. The molecule has 0 saturated heterocycles. The van der Waals surface area contributed by atoms with Crippen LogP contribution in [0.25, 0.3) is 0 Å². The van der Waals surface area contributed by atoms with Crippen molar-refractivity contribution in [3.05, 3.63) is 0 Å². The van der Waals surface area contributed by atoms with Crippen LogP contribution in [0.2, 0.25) is 0 Å². The van der Waals surface area contributed by atoms with Gasteiger partial charge in [-0.3, -0.25) is 4.79 Å². The number of rotatable bonds is 3. The molecule has 0 heterocycles. The maximum absolute atomic E-state index is 11.9. The molecule has 1 atom stereocenters. The fraction of sp³-hybridized carbons (Fsp3) is 0.929. The first-order valence-electron chi connectivity index (χ1n) is 6.84. The standard InChI is InChI=1S/C14H28N2O/c1-10-5-7-11(8-6-10)16-13(17)9-12(15)14(2,3)4/h10-12H,5-9,15H2,1-4H3,(H,16,17). The second-order valence-corrected chi connectivity index (χ2v) is 6.70. The van der Waals surface area contributed by atoms with E-state index in [0.717, 1.165) is 18.8 Å². The van der Waals surface area contributed by atoms with Gasteiger partial charge in [-0.15, -0.1) is 0 Å². The lowest BCUT2D eigenvalue weighted by Crippen LogP contribution is -2.43. The quantitative estimate of drug-likeness (QED) is 0.796. The molecule has 0 aromatic carbocycles. The van der Waals surface area contributed by atoms with E-state index in [9.17, 15) is 4.79 Å². The number of amides is 1. The lowest BCUT2D eigenvalue weighted by Gasteiger charge is -2.29. The molecule has 1 aliphatic carbocycles. The third kappa shape index (κ3) is 5.07. The minimum absolute atomic E-state index is 0.00157. The summed E-state index contributed by atoms with van der Waals surface area (Å²) in [6.07, 6.45) is 5.15. The van der Waals surface area contributed by atoms with Crippen LogP contribution in [0.1, 0.15) is 59.8 Å². The highest BCUT2D eigenvalue weighted by molar-refractivity contribution is 5.77. The molecule has 1 aliphatic rings. The summed E-state index contributed by atoms with van der Waals surface area (Å²) >= 11 is 0. The topological polar surface area (TPSA) is 55.1 Å². The van der Waals surface area contributed by atoms with E-state index in [1.165, 1.54) is 12.8 Å². The van der Waals surface area contributed by atoms with Crippen molar-refractivity contribution in [2.75, 3.05) is 0 Å². The van der Waals surface area contributed by atoms with Crippen LogP contribution < -0.4 is 11.1 Å². The average Bonchev–Trinajstić information content (AvgIpc) is 2.20. The molecule has 1 fully saturated rings. The van der Waals surface area contributed by atoms with E-state index >= 15 is 0 Å². The molecule has 0 aromatic rings. The smallest absolute Gasteiger partial charge is 0.221 e. The molecule has 0 aromatic heterocycles. The Labute approximate surface area is 106 Å². The molecule has 1 amide bonds. The Morgan fingerprint density at radius 3 is 2.29 bits per heavy atom. The first-order chi connectivity index (χ1) is 7.79. The number of nitrogens with two attached hydrogens (primary N) is 1. The highest BCUT2D eigenvalue weighted by Crippen LogP contribution is 2.24. The molecular weight excluding hydrogens is 212 g/mol. The van der Waals surface area contributed by atoms with Crippen molar-refractivity contribution in [1.82, 2.24) is 5.32 Å². The van der Waals surface area contributed by atoms with Gasteiger partial charge in [0.1, 0.15) is 0 Å². The fourth-order valence-electron chi connectivity index (χ4n) is 2.20. The zero-order valence-corrected chi connectivity index (χ0v) is 11.8. The zero-order chi connectivity index (χ0) is 13.1. The van der Waals surface area contributed by atoms with Gasteiger partial charge in [-0.1, -0.05) is 27.7 Å². The Bertz CT molecular complexity index is 249. The van der Waals surface area contributed by atoms with Crippen molar-refractivity contribution in [3.63, 3.8) is 0 Å². The summed E-state index contributed by atoms with van der Waals surface area (Å²) < 4.78 is 0. The van der Waals surface area contributed by atoms with Crippen molar-refractivity contribution < 1.29 is 4.79 Å². The van der Waals surface area contributed by atoms with Gasteiger partial charge in [0.25, 0.3) is 0 Å². The Kier molecular flexibility index (Phi) is 4.99. The molecule has 0 radical (unpaired) electrons. The van der Waals surface area contributed by atoms with Gasteiger partial charge in [-0.25, -0.2) is 0 Å². The summed E-state index contributed by atoms with van der Waals surface area (Å²) in [4.78, 5) is 11.9. The van der Waals surface area contributed by atoms with Crippen LogP contribution in [0.4, 0.5) is 0 Å². The molecule has 1 unspecified atom stereocenters. The van der Waals surface area contributed by atoms with Crippen LogP contribution in [0.3, 0.4) is 0 Å². The van der Waals surface area contributed by atoms with E-state index in [0.29, 0.717) is 12.5 Å². The Morgan fingerprint density at radius 2 is 1.82 bits per heavy atom. The van der Waals surface area contributed by atoms with Crippen molar-refractivity contribution in [2.24, 2.45) is 17.1 Å². The summed E-state index contributed by atoms with van der Waals surface area (Å²) in [6.45, 7) is 8.52. The van der Waals surface area contributed by atoms with Gasteiger partial charge in [-0.05, 0) is 37.0 Å². The van der Waals surface area contributed by atoms with E-state index in [2.05, 4.69) is 33.0 Å². The van der Waals surface area contributed by atoms with Crippen molar-refractivity contribution in [1.29, 1.82) is 0 Å². The number of carbonyl (C=O) groups excluding carboxylic acids is 1. The predicted molar refractivity (Wildman–Crippen MR) is 71.6 cm³/mol. The SMILES string of the molecule is CC1CCC(NC(=O)CC(N)C(C)(C)C)CC1. The second kappa shape index (κ2) is 5.85. The molecule has 3 nitrogen and oxygen atoms in total. The van der Waals surface area contributed by atoms with Gasteiger partial charge in [0.05, 0.1) is 0 Å². The molecule has 0 aliphatic heterocycles. The summed E-state index contributed by atoms with van der Waals surface area (Å²) in [7, 11) is 0. The van der Waals surface area contributed by atoms with E-state index in [1.54, 1.807) is 0 Å².